The average molecular weight is 540 g/mol. The summed E-state index contributed by atoms with van der Waals surface area (Å²) >= 11 is 0. The molecule has 210 valence electrons. The lowest BCUT2D eigenvalue weighted by Crippen LogP contribution is -2.38. The lowest BCUT2D eigenvalue weighted by Gasteiger charge is -2.31. The van der Waals surface area contributed by atoms with Crippen LogP contribution in [-0.4, -0.2) is 51.7 Å². The maximum absolute atomic E-state index is 12.7. The van der Waals surface area contributed by atoms with Gasteiger partial charge in [-0.1, -0.05) is 45.1 Å². The maximum Gasteiger partial charge on any atom is 0.404 e. The van der Waals surface area contributed by atoms with Crippen LogP contribution in [0.3, 0.4) is 0 Å². The molecule has 0 aliphatic carbocycles. The van der Waals surface area contributed by atoms with Gasteiger partial charge in [-0.2, -0.15) is 0 Å². The summed E-state index contributed by atoms with van der Waals surface area (Å²) in [5.41, 5.74) is 6.16. The van der Waals surface area contributed by atoms with E-state index in [-0.39, 0.29) is 23.6 Å². The predicted molar refractivity (Wildman–Crippen MR) is 149 cm³/mol. The fraction of sp³-hybridized carbons (Fsp3) is 0.367. The molecule has 0 saturated carbocycles. The minimum atomic E-state index is -0.880. The molecule has 0 spiro atoms. The summed E-state index contributed by atoms with van der Waals surface area (Å²) in [6, 6.07) is 10.4. The third kappa shape index (κ3) is 9.21. The number of hydrogen-bond acceptors (Lipinski definition) is 8. The summed E-state index contributed by atoms with van der Waals surface area (Å²) in [6.07, 6.45) is 4.60. The van der Waals surface area contributed by atoms with Crippen LogP contribution >= 0.6 is 0 Å². The van der Waals surface area contributed by atoms with Gasteiger partial charge in [0, 0.05) is 5.41 Å². The first-order valence-corrected chi connectivity index (χ1v) is 12.3. The van der Waals surface area contributed by atoms with Crippen molar-refractivity contribution in [1.82, 2.24) is 0 Å². The van der Waals surface area contributed by atoms with Gasteiger partial charge in [0.25, 0.3) is 0 Å². The van der Waals surface area contributed by atoms with E-state index < -0.39 is 18.1 Å². The van der Waals surface area contributed by atoms with Gasteiger partial charge in [-0.25, -0.2) is 4.79 Å². The topological polar surface area (TPSA) is 123 Å². The molecule has 0 aromatic heterocycles. The van der Waals surface area contributed by atoms with Crippen LogP contribution in [0.15, 0.2) is 48.6 Å². The predicted octanol–water partition coefficient (Wildman–Crippen LogP) is 5.10. The van der Waals surface area contributed by atoms with Crippen molar-refractivity contribution >= 4 is 29.8 Å². The highest BCUT2D eigenvalue weighted by atomic mass is 16.6. The standard InChI is InChI=1S/C30H37NO8/c1-19(22(32)12-8-20-10-14-24(35-5)26(16-20)36-6)23(33)13-9-21-11-15-25(27(17-21)37-7)39-28(30(2,3)4)18-38-29(31)34/h8-17,19,28H,18H2,1-7H3,(H2,31,34)/b12-8+,13-9+. The Morgan fingerprint density at radius 3 is 1.69 bits per heavy atom. The summed E-state index contributed by atoms with van der Waals surface area (Å²) < 4.78 is 27.0. The van der Waals surface area contributed by atoms with Crippen molar-refractivity contribution in [3.8, 4) is 23.0 Å². The van der Waals surface area contributed by atoms with Crippen LogP contribution in [0.5, 0.6) is 23.0 Å². The van der Waals surface area contributed by atoms with Crippen molar-refractivity contribution in [2.24, 2.45) is 17.1 Å². The lowest BCUT2D eigenvalue weighted by atomic mass is 9.89. The Hall–Kier alpha value is -4.27. The van der Waals surface area contributed by atoms with E-state index in [4.69, 9.17) is 29.4 Å². The Bertz CT molecular complexity index is 1230. The number of carbonyl (C=O) groups is 3. The van der Waals surface area contributed by atoms with Gasteiger partial charge in [-0.05, 0) is 54.5 Å². The van der Waals surface area contributed by atoms with E-state index in [0.29, 0.717) is 28.6 Å². The van der Waals surface area contributed by atoms with Crippen molar-refractivity contribution in [2.75, 3.05) is 27.9 Å². The SMILES string of the molecule is COc1ccc(/C=C/C(=O)C(C)C(=O)/C=C/c2ccc(OC(COC(N)=O)C(C)(C)C)c(OC)c2)cc1OC. The molecule has 39 heavy (non-hydrogen) atoms. The third-order valence-electron chi connectivity index (χ3n) is 5.94. The van der Waals surface area contributed by atoms with Crippen molar-refractivity contribution in [1.29, 1.82) is 0 Å². The fourth-order valence-electron chi connectivity index (χ4n) is 3.40. The molecule has 2 aromatic carbocycles. The molecule has 0 heterocycles. The van der Waals surface area contributed by atoms with E-state index in [1.54, 1.807) is 62.6 Å². The first-order chi connectivity index (χ1) is 18.4. The van der Waals surface area contributed by atoms with E-state index >= 15 is 0 Å². The maximum atomic E-state index is 12.7. The zero-order valence-corrected chi connectivity index (χ0v) is 23.5. The molecule has 2 aromatic rings. The number of ether oxygens (including phenoxy) is 5. The Morgan fingerprint density at radius 2 is 1.26 bits per heavy atom. The molecule has 2 atom stereocenters. The molecule has 1 amide bonds. The van der Waals surface area contributed by atoms with Crippen molar-refractivity contribution in [3.05, 3.63) is 59.7 Å². The Balaban J connectivity index is 2.10. The Kier molecular flexibility index (Phi) is 11.1. The van der Waals surface area contributed by atoms with E-state index in [1.807, 2.05) is 20.8 Å². The Labute approximate surface area is 229 Å². The molecule has 9 nitrogen and oxygen atoms in total. The number of rotatable bonds is 13. The molecule has 0 radical (unpaired) electrons. The van der Waals surface area contributed by atoms with E-state index in [0.717, 1.165) is 5.56 Å². The van der Waals surface area contributed by atoms with Crippen LogP contribution < -0.4 is 24.7 Å². The molecule has 2 rings (SSSR count). The van der Waals surface area contributed by atoms with Crippen LogP contribution in [-0.2, 0) is 14.3 Å². The number of ketones is 2. The van der Waals surface area contributed by atoms with Crippen LogP contribution in [0.4, 0.5) is 4.79 Å². The molecule has 0 aliphatic heterocycles. The molecule has 2 N–H and O–H groups in total. The molecule has 0 fully saturated rings. The van der Waals surface area contributed by atoms with Crippen LogP contribution in [0.1, 0.15) is 38.8 Å². The van der Waals surface area contributed by atoms with Gasteiger partial charge in [0.05, 0.1) is 27.2 Å². The molecule has 0 saturated heterocycles. The van der Waals surface area contributed by atoms with Gasteiger partial charge in [-0.3, -0.25) is 9.59 Å². The number of benzene rings is 2. The smallest absolute Gasteiger partial charge is 0.404 e. The molecule has 9 heteroatoms. The summed E-state index contributed by atoms with van der Waals surface area (Å²) in [6.45, 7) is 7.38. The second-order valence-electron chi connectivity index (χ2n) is 9.82. The van der Waals surface area contributed by atoms with Gasteiger partial charge in [0.15, 0.2) is 34.6 Å². The van der Waals surface area contributed by atoms with Crippen LogP contribution in [0.2, 0.25) is 0 Å². The minimum absolute atomic E-state index is 0.0233. The molecule has 0 bridgehead atoms. The number of nitrogens with two attached hydrogens (primary N) is 1. The fourth-order valence-corrected chi connectivity index (χ4v) is 3.40. The summed E-state index contributed by atoms with van der Waals surface area (Å²) in [7, 11) is 4.57. The van der Waals surface area contributed by atoms with Gasteiger partial charge in [0.1, 0.15) is 12.7 Å². The first-order valence-electron chi connectivity index (χ1n) is 12.3. The van der Waals surface area contributed by atoms with Crippen LogP contribution in [0, 0.1) is 11.3 Å². The molecule has 2 unspecified atom stereocenters. The molecular weight excluding hydrogens is 502 g/mol. The van der Waals surface area contributed by atoms with E-state index in [1.165, 1.54) is 26.4 Å². The van der Waals surface area contributed by atoms with Gasteiger partial charge < -0.3 is 29.4 Å². The highest BCUT2D eigenvalue weighted by Gasteiger charge is 2.29. The quantitative estimate of drug-likeness (QED) is 0.275. The molecular formula is C30H37NO8. The summed E-state index contributed by atoms with van der Waals surface area (Å²) in [5, 5.41) is 0. The second kappa shape index (κ2) is 14.0. The second-order valence-corrected chi connectivity index (χ2v) is 9.82. The summed E-state index contributed by atoms with van der Waals surface area (Å²) in [4.78, 5) is 36.3. The summed E-state index contributed by atoms with van der Waals surface area (Å²) in [5.74, 6) is 0.466. The van der Waals surface area contributed by atoms with Crippen LogP contribution in [0.25, 0.3) is 12.2 Å². The van der Waals surface area contributed by atoms with Crippen molar-refractivity contribution in [3.63, 3.8) is 0 Å². The minimum Gasteiger partial charge on any atom is -0.493 e. The van der Waals surface area contributed by atoms with Gasteiger partial charge >= 0.3 is 6.09 Å². The number of methoxy groups -OCH3 is 3. The normalized spacial score (nSPS) is 13.1. The first kappa shape index (κ1) is 31.0. The third-order valence-corrected chi connectivity index (χ3v) is 5.94. The zero-order valence-electron chi connectivity index (χ0n) is 23.5. The number of allylic oxidation sites excluding steroid dienone is 2. The van der Waals surface area contributed by atoms with Gasteiger partial charge in [-0.15, -0.1) is 0 Å². The average Bonchev–Trinajstić information content (AvgIpc) is 2.91. The highest BCUT2D eigenvalue weighted by Crippen LogP contribution is 2.33. The number of primary amides is 1. The van der Waals surface area contributed by atoms with E-state index in [9.17, 15) is 14.4 Å². The van der Waals surface area contributed by atoms with Gasteiger partial charge in [0.2, 0.25) is 0 Å². The Morgan fingerprint density at radius 1 is 0.795 bits per heavy atom. The lowest BCUT2D eigenvalue weighted by molar-refractivity contribution is -0.126. The number of amides is 1. The van der Waals surface area contributed by atoms with Crippen molar-refractivity contribution < 1.29 is 38.1 Å². The highest BCUT2D eigenvalue weighted by molar-refractivity contribution is 6.13. The zero-order chi connectivity index (χ0) is 29.2. The molecule has 0 aliphatic rings. The van der Waals surface area contributed by atoms with E-state index in [2.05, 4.69) is 0 Å². The number of hydrogen-bond donors (Lipinski definition) is 1. The largest absolute Gasteiger partial charge is 0.493 e. The monoisotopic (exact) mass is 539 g/mol. The number of carbonyl (C=O) groups excluding carboxylic acids is 3. The van der Waals surface area contributed by atoms with Crippen molar-refractivity contribution in [2.45, 2.75) is 33.8 Å².